The molecule has 0 aliphatic heterocycles. The maximum atomic E-state index is 12.6. The number of sulfonamides is 1. The number of hydrogen-bond acceptors (Lipinski definition) is 6. The van der Waals surface area contributed by atoms with Crippen molar-refractivity contribution in [2.24, 2.45) is 16.7 Å². The van der Waals surface area contributed by atoms with Gasteiger partial charge in [-0.1, -0.05) is 19.0 Å². The van der Waals surface area contributed by atoms with E-state index in [-0.39, 0.29) is 23.5 Å². The highest BCUT2D eigenvalue weighted by Gasteiger charge is 2.65. The molecule has 24 heavy (non-hydrogen) atoms. The van der Waals surface area contributed by atoms with Crippen LogP contribution in [0.3, 0.4) is 0 Å². The van der Waals surface area contributed by atoms with E-state index in [0.29, 0.717) is 36.4 Å². The molecule has 0 aromatic carbocycles. The fourth-order valence-corrected chi connectivity index (χ4v) is 6.27. The number of ketones is 1. The largest absolute Gasteiger partial charge is 0.339 e. The Bertz CT molecular complexity index is 781. The Kier molecular flexibility index (Phi) is 3.45. The van der Waals surface area contributed by atoms with E-state index in [1.54, 1.807) is 0 Å². The molecule has 1 heterocycles. The van der Waals surface area contributed by atoms with Crippen LogP contribution in [0.25, 0.3) is 0 Å². The van der Waals surface area contributed by atoms with Crippen LogP contribution in [0, 0.1) is 16.7 Å². The second kappa shape index (κ2) is 5.11. The highest BCUT2D eigenvalue weighted by molar-refractivity contribution is 7.89. The maximum Gasteiger partial charge on any atom is 0.229 e. The summed E-state index contributed by atoms with van der Waals surface area (Å²) in [5, 5.41) is 3.82. The molecule has 3 fully saturated rings. The fraction of sp³-hybridized carbons (Fsp3) is 0.812. The molecule has 2 bridgehead atoms. The van der Waals surface area contributed by atoms with Crippen molar-refractivity contribution in [1.29, 1.82) is 0 Å². The number of aromatic nitrogens is 2. The summed E-state index contributed by atoms with van der Waals surface area (Å²) in [4.78, 5) is 16.7. The van der Waals surface area contributed by atoms with Crippen molar-refractivity contribution in [1.82, 2.24) is 14.9 Å². The summed E-state index contributed by atoms with van der Waals surface area (Å²) in [6, 6.07) is 0. The summed E-state index contributed by atoms with van der Waals surface area (Å²) in [5.41, 5.74) is -1.01. The number of hydrogen-bond donors (Lipinski definition) is 1. The van der Waals surface area contributed by atoms with Crippen LogP contribution in [0.2, 0.25) is 0 Å². The van der Waals surface area contributed by atoms with Crippen LogP contribution < -0.4 is 4.72 Å². The van der Waals surface area contributed by atoms with Gasteiger partial charge < -0.3 is 4.52 Å². The van der Waals surface area contributed by atoms with Crippen molar-refractivity contribution in [2.45, 2.75) is 58.4 Å². The molecule has 1 N–H and O–H groups in total. The predicted octanol–water partition coefficient (Wildman–Crippen LogP) is 1.76. The molecule has 3 aliphatic carbocycles. The van der Waals surface area contributed by atoms with Crippen molar-refractivity contribution in [3.05, 3.63) is 11.7 Å². The van der Waals surface area contributed by atoms with Crippen LogP contribution in [0.15, 0.2) is 4.52 Å². The molecule has 132 valence electrons. The summed E-state index contributed by atoms with van der Waals surface area (Å²) >= 11 is 0. The normalized spacial score (nSPS) is 31.8. The highest BCUT2D eigenvalue weighted by atomic mass is 32.2. The minimum Gasteiger partial charge on any atom is -0.339 e. The Morgan fingerprint density at radius 2 is 2.04 bits per heavy atom. The van der Waals surface area contributed by atoms with Crippen LogP contribution in [0.5, 0.6) is 0 Å². The van der Waals surface area contributed by atoms with E-state index in [1.165, 1.54) is 0 Å². The minimum atomic E-state index is -3.60. The number of carbonyl (C=O) groups excluding carboxylic acids is 1. The molecule has 2 unspecified atom stereocenters. The molecule has 0 amide bonds. The summed E-state index contributed by atoms with van der Waals surface area (Å²) in [6.07, 6.45) is 4.21. The van der Waals surface area contributed by atoms with Gasteiger partial charge in [0, 0.05) is 17.8 Å². The Morgan fingerprint density at radius 3 is 2.62 bits per heavy atom. The molecule has 2 atom stereocenters. The Balaban J connectivity index is 1.46. The number of carbonyl (C=O) groups is 1. The highest BCUT2D eigenvalue weighted by Crippen LogP contribution is 2.64. The second-order valence-corrected chi connectivity index (χ2v) is 9.88. The average Bonchev–Trinajstić information content (AvgIpc) is 3.16. The SMILES string of the molecule is CC1(C)C2CCC1(CS(=O)(=O)NCc1noc(C3CC3)n1)C(=O)C2. The zero-order valence-corrected chi connectivity index (χ0v) is 14.9. The zero-order chi connectivity index (χ0) is 17.2. The summed E-state index contributed by atoms with van der Waals surface area (Å²) < 4.78 is 32.8. The van der Waals surface area contributed by atoms with Crippen LogP contribution in [-0.4, -0.2) is 30.1 Å². The van der Waals surface area contributed by atoms with E-state index in [9.17, 15) is 13.2 Å². The van der Waals surface area contributed by atoms with Gasteiger partial charge in [0.15, 0.2) is 5.82 Å². The van der Waals surface area contributed by atoms with E-state index in [0.717, 1.165) is 19.3 Å². The zero-order valence-electron chi connectivity index (χ0n) is 14.0. The van der Waals surface area contributed by atoms with Gasteiger partial charge in [-0.05, 0) is 37.0 Å². The fourth-order valence-electron chi connectivity index (χ4n) is 4.49. The van der Waals surface area contributed by atoms with E-state index in [1.807, 2.05) is 13.8 Å². The molecule has 3 saturated carbocycles. The van der Waals surface area contributed by atoms with Crippen molar-refractivity contribution >= 4 is 15.8 Å². The van der Waals surface area contributed by atoms with Crippen LogP contribution >= 0.6 is 0 Å². The number of rotatable bonds is 6. The maximum absolute atomic E-state index is 12.6. The number of Topliss-reactive ketones (excluding diaryl/α,β-unsaturated/α-hetero) is 1. The smallest absolute Gasteiger partial charge is 0.229 e. The summed E-state index contributed by atoms with van der Waals surface area (Å²) in [5.74, 6) is 1.54. The first-order valence-corrected chi connectivity index (χ1v) is 10.2. The lowest BCUT2D eigenvalue weighted by molar-refractivity contribution is -0.128. The topological polar surface area (TPSA) is 102 Å². The van der Waals surface area contributed by atoms with Gasteiger partial charge in [0.25, 0.3) is 0 Å². The molecule has 7 nitrogen and oxygen atoms in total. The number of nitrogens with one attached hydrogen (secondary N) is 1. The standard InChI is InChI=1S/C16H23N3O4S/c1-15(2)11-5-6-16(15,12(20)7-11)9-24(21,22)17-8-13-18-14(23-19-13)10-3-4-10/h10-11,17H,3-9H2,1-2H3. The second-order valence-electron chi connectivity index (χ2n) is 8.07. The Labute approximate surface area is 141 Å². The van der Waals surface area contributed by atoms with Crippen molar-refractivity contribution < 1.29 is 17.7 Å². The van der Waals surface area contributed by atoms with Gasteiger partial charge in [-0.3, -0.25) is 4.79 Å². The van der Waals surface area contributed by atoms with E-state index >= 15 is 0 Å². The monoisotopic (exact) mass is 353 g/mol. The molecule has 3 aliphatic rings. The van der Waals surface area contributed by atoms with Gasteiger partial charge in [-0.15, -0.1) is 0 Å². The van der Waals surface area contributed by atoms with Gasteiger partial charge in [0.2, 0.25) is 15.9 Å². The first-order chi connectivity index (χ1) is 11.2. The average molecular weight is 353 g/mol. The minimum absolute atomic E-state index is 0.00663. The van der Waals surface area contributed by atoms with Crippen LogP contribution in [0.4, 0.5) is 0 Å². The lowest BCUT2D eigenvalue weighted by Gasteiger charge is -2.36. The third-order valence-corrected chi connectivity index (χ3v) is 7.89. The Hall–Kier alpha value is -1.28. The van der Waals surface area contributed by atoms with E-state index in [2.05, 4.69) is 14.9 Å². The van der Waals surface area contributed by atoms with Gasteiger partial charge >= 0.3 is 0 Å². The van der Waals surface area contributed by atoms with Crippen molar-refractivity contribution in [3.63, 3.8) is 0 Å². The lowest BCUT2D eigenvalue weighted by Crippen LogP contribution is -2.45. The molecule has 4 rings (SSSR count). The molecule has 0 radical (unpaired) electrons. The van der Waals surface area contributed by atoms with Crippen LogP contribution in [0.1, 0.15) is 63.6 Å². The molecular weight excluding hydrogens is 330 g/mol. The quantitative estimate of drug-likeness (QED) is 0.836. The lowest BCUT2D eigenvalue weighted by atomic mass is 9.70. The van der Waals surface area contributed by atoms with Crippen molar-refractivity contribution in [3.8, 4) is 0 Å². The summed E-state index contributed by atoms with van der Waals surface area (Å²) in [6.45, 7) is 4.07. The van der Waals surface area contributed by atoms with Gasteiger partial charge in [-0.2, -0.15) is 4.98 Å². The third-order valence-electron chi connectivity index (χ3n) is 6.44. The van der Waals surface area contributed by atoms with Crippen LogP contribution in [-0.2, 0) is 21.4 Å². The Morgan fingerprint density at radius 1 is 1.29 bits per heavy atom. The molecule has 1 aromatic heterocycles. The predicted molar refractivity (Wildman–Crippen MR) is 85.5 cm³/mol. The van der Waals surface area contributed by atoms with Gasteiger partial charge in [-0.25, -0.2) is 13.1 Å². The molecule has 8 heteroatoms. The first-order valence-electron chi connectivity index (χ1n) is 8.57. The third kappa shape index (κ3) is 2.42. The molecular formula is C16H23N3O4S. The number of fused-ring (bicyclic) bond motifs is 2. The molecule has 1 aromatic rings. The van der Waals surface area contributed by atoms with Crippen molar-refractivity contribution in [2.75, 3.05) is 5.75 Å². The van der Waals surface area contributed by atoms with E-state index < -0.39 is 15.4 Å². The van der Waals surface area contributed by atoms with E-state index in [4.69, 9.17) is 4.52 Å². The van der Waals surface area contributed by atoms with Gasteiger partial charge in [0.05, 0.1) is 12.3 Å². The molecule has 0 saturated heterocycles. The summed E-state index contributed by atoms with van der Waals surface area (Å²) in [7, 11) is -3.60. The number of nitrogens with zero attached hydrogens (tertiary/aromatic N) is 2. The van der Waals surface area contributed by atoms with Gasteiger partial charge in [0.1, 0.15) is 5.78 Å². The first kappa shape index (κ1) is 16.2. The molecule has 0 spiro atoms.